The summed E-state index contributed by atoms with van der Waals surface area (Å²) in [6, 6.07) is 4.71. The molecule has 0 spiro atoms. The molecule has 2 N–H and O–H groups in total. The van der Waals surface area contributed by atoms with Crippen molar-refractivity contribution >= 4 is 34.9 Å². The lowest BCUT2D eigenvalue weighted by atomic mass is 10.2. The zero-order chi connectivity index (χ0) is 14.7. The summed E-state index contributed by atoms with van der Waals surface area (Å²) in [5.41, 5.74) is 1.24. The number of rotatable bonds is 4. The van der Waals surface area contributed by atoms with Crippen molar-refractivity contribution < 1.29 is 19.1 Å². The van der Waals surface area contributed by atoms with E-state index in [1.165, 1.54) is 25.5 Å². The predicted molar refractivity (Wildman–Crippen MR) is 75.5 cm³/mol. The topological polar surface area (TPSA) is 71.7 Å². The minimum absolute atomic E-state index is 0.135. The Hall–Kier alpha value is -1.85. The Morgan fingerprint density at radius 2 is 2.05 bits per heavy atom. The third-order valence-corrected chi connectivity index (χ3v) is 3.19. The van der Waals surface area contributed by atoms with Crippen molar-refractivity contribution in [2.24, 2.45) is 0 Å². The fourth-order valence-electron chi connectivity index (χ4n) is 1.61. The molecule has 0 unspecified atom stereocenters. The highest BCUT2D eigenvalue weighted by atomic mass is 35.5. The molecule has 0 fully saturated rings. The number of esters is 1. The van der Waals surface area contributed by atoms with Gasteiger partial charge >= 0.3 is 5.97 Å². The summed E-state index contributed by atoms with van der Waals surface area (Å²) in [5.74, 6) is -0.581. The summed E-state index contributed by atoms with van der Waals surface area (Å²) in [4.78, 5) is 11.4. The Balaban J connectivity index is 2.13. The SMILES string of the molecule is COC(=O)c1occc1CNc1cc(Cl)c(O)c(Cl)c1. The lowest BCUT2D eigenvalue weighted by molar-refractivity contribution is 0.0563. The van der Waals surface area contributed by atoms with Crippen LogP contribution in [0.4, 0.5) is 5.69 Å². The van der Waals surface area contributed by atoms with Crippen LogP contribution in [0.1, 0.15) is 16.1 Å². The van der Waals surface area contributed by atoms with Crippen LogP contribution in [0.3, 0.4) is 0 Å². The molecular weight excluding hydrogens is 305 g/mol. The van der Waals surface area contributed by atoms with E-state index in [1.54, 1.807) is 6.07 Å². The zero-order valence-electron chi connectivity index (χ0n) is 10.4. The van der Waals surface area contributed by atoms with Crippen molar-refractivity contribution in [1.82, 2.24) is 0 Å². The number of anilines is 1. The van der Waals surface area contributed by atoms with Crippen molar-refractivity contribution in [2.45, 2.75) is 6.54 Å². The van der Waals surface area contributed by atoms with Crippen LogP contribution in [0, 0.1) is 0 Å². The molecule has 0 aliphatic heterocycles. The Labute approximate surface area is 125 Å². The first-order chi connectivity index (χ1) is 9.52. The van der Waals surface area contributed by atoms with E-state index >= 15 is 0 Å². The number of ether oxygens (including phenoxy) is 1. The van der Waals surface area contributed by atoms with Gasteiger partial charge in [-0.05, 0) is 18.2 Å². The van der Waals surface area contributed by atoms with Gasteiger partial charge in [-0.1, -0.05) is 23.2 Å². The van der Waals surface area contributed by atoms with Crippen LogP contribution < -0.4 is 5.32 Å². The van der Waals surface area contributed by atoms with Gasteiger partial charge in [-0.3, -0.25) is 0 Å². The maximum absolute atomic E-state index is 11.4. The second kappa shape index (κ2) is 6.07. The summed E-state index contributed by atoms with van der Waals surface area (Å²) >= 11 is 11.6. The molecule has 20 heavy (non-hydrogen) atoms. The number of phenolic OH excluding ortho intramolecular Hbond substituents is 1. The normalized spacial score (nSPS) is 10.3. The molecule has 5 nitrogen and oxygen atoms in total. The average Bonchev–Trinajstić information content (AvgIpc) is 2.89. The Kier molecular flexibility index (Phi) is 4.42. The molecule has 0 amide bonds. The summed E-state index contributed by atoms with van der Waals surface area (Å²) in [6.45, 7) is 0.318. The van der Waals surface area contributed by atoms with Crippen molar-refractivity contribution in [3.05, 3.63) is 45.8 Å². The molecule has 1 aromatic heterocycles. The smallest absolute Gasteiger partial charge is 0.374 e. The Morgan fingerprint density at radius 3 is 2.65 bits per heavy atom. The average molecular weight is 316 g/mol. The molecule has 0 radical (unpaired) electrons. The van der Waals surface area contributed by atoms with Crippen LogP contribution in [-0.2, 0) is 11.3 Å². The first kappa shape index (κ1) is 14.6. The van der Waals surface area contributed by atoms with Gasteiger partial charge in [0.1, 0.15) is 0 Å². The van der Waals surface area contributed by atoms with Gasteiger partial charge in [-0.15, -0.1) is 0 Å². The molecule has 2 aromatic rings. The molecule has 0 saturated carbocycles. The molecule has 0 aliphatic rings. The number of carbonyl (C=O) groups is 1. The van der Waals surface area contributed by atoms with E-state index in [2.05, 4.69) is 10.1 Å². The van der Waals surface area contributed by atoms with Crippen LogP contribution in [0.5, 0.6) is 5.75 Å². The monoisotopic (exact) mass is 315 g/mol. The fraction of sp³-hybridized carbons (Fsp3) is 0.154. The van der Waals surface area contributed by atoms with Gasteiger partial charge in [-0.2, -0.15) is 0 Å². The number of carbonyl (C=O) groups excluding carboxylic acids is 1. The molecule has 0 aliphatic carbocycles. The minimum Gasteiger partial charge on any atom is -0.505 e. The van der Waals surface area contributed by atoms with Gasteiger partial charge in [0.2, 0.25) is 5.76 Å². The summed E-state index contributed by atoms with van der Waals surface area (Å²) in [6.07, 6.45) is 1.40. The summed E-state index contributed by atoms with van der Waals surface area (Å²) in [5, 5.41) is 12.8. The Bertz CT molecular complexity index is 616. The van der Waals surface area contributed by atoms with Crippen LogP contribution in [0.25, 0.3) is 0 Å². The van der Waals surface area contributed by atoms with E-state index in [4.69, 9.17) is 27.6 Å². The minimum atomic E-state index is -0.548. The molecule has 0 saturated heterocycles. The van der Waals surface area contributed by atoms with E-state index in [-0.39, 0.29) is 21.6 Å². The number of hydrogen-bond donors (Lipinski definition) is 2. The second-order valence-corrected chi connectivity index (χ2v) is 4.72. The van der Waals surface area contributed by atoms with E-state index in [9.17, 15) is 9.90 Å². The van der Waals surface area contributed by atoms with Crippen molar-refractivity contribution in [2.75, 3.05) is 12.4 Å². The van der Waals surface area contributed by atoms with Crippen LogP contribution in [0.15, 0.2) is 28.9 Å². The lowest BCUT2D eigenvalue weighted by Gasteiger charge is -2.08. The van der Waals surface area contributed by atoms with Crippen LogP contribution >= 0.6 is 23.2 Å². The number of phenols is 1. The van der Waals surface area contributed by atoms with E-state index in [0.29, 0.717) is 17.8 Å². The number of halogens is 2. The first-order valence-electron chi connectivity index (χ1n) is 5.59. The molecule has 1 aromatic carbocycles. The highest BCUT2D eigenvalue weighted by molar-refractivity contribution is 6.37. The quantitative estimate of drug-likeness (QED) is 0.665. The van der Waals surface area contributed by atoms with Crippen molar-refractivity contribution in [3.8, 4) is 5.75 Å². The van der Waals surface area contributed by atoms with Crippen LogP contribution in [0.2, 0.25) is 10.0 Å². The van der Waals surface area contributed by atoms with Crippen molar-refractivity contribution in [3.63, 3.8) is 0 Å². The summed E-state index contributed by atoms with van der Waals surface area (Å²) in [7, 11) is 1.28. The highest BCUT2D eigenvalue weighted by Gasteiger charge is 2.15. The third kappa shape index (κ3) is 3.00. The lowest BCUT2D eigenvalue weighted by Crippen LogP contribution is -2.06. The summed E-state index contributed by atoms with van der Waals surface area (Å²) < 4.78 is 9.67. The number of benzene rings is 1. The third-order valence-electron chi connectivity index (χ3n) is 2.62. The maximum atomic E-state index is 11.4. The number of aromatic hydroxyl groups is 1. The van der Waals surface area contributed by atoms with Gasteiger partial charge in [0.05, 0.1) is 23.4 Å². The predicted octanol–water partition coefficient (Wildman–Crippen LogP) is 3.69. The molecule has 1 heterocycles. The van der Waals surface area contributed by atoms with Gasteiger partial charge in [0.25, 0.3) is 0 Å². The van der Waals surface area contributed by atoms with E-state index in [1.807, 2.05) is 0 Å². The first-order valence-corrected chi connectivity index (χ1v) is 6.35. The standard InChI is InChI=1S/C13H11Cl2NO4/c1-19-13(18)12-7(2-3-20-12)6-16-8-4-9(14)11(17)10(15)5-8/h2-5,16-17H,6H2,1H3. The van der Waals surface area contributed by atoms with E-state index < -0.39 is 5.97 Å². The molecule has 7 heteroatoms. The van der Waals surface area contributed by atoms with Crippen LogP contribution in [-0.4, -0.2) is 18.2 Å². The Morgan fingerprint density at radius 1 is 1.40 bits per heavy atom. The van der Waals surface area contributed by atoms with Crippen molar-refractivity contribution in [1.29, 1.82) is 0 Å². The largest absolute Gasteiger partial charge is 0.505 e. The molecule has 2 rings (SSSR count). The number of methoxy groups -OCH3 is 1. The highest BCUT2D eigenvalue weighted by Crippen LogP contribution is 2.34. The maximum Gasteiger partial charge on any atom is 0.374 e. The fourth-order valence-corrected chi connectivity index (χ4v) is 2.10. The van der Waals surface area contributed by atoms with Gasteiger partial charge in [0.15, 0.2) is 5.75 Å². The molecule has 106 valence electrons. The van der Waals surface area contributed by atoms with Gasteiger partial charge < -0.3 is 19.6 Å². The molecule has 0 bridgehead atoms. The second-order valence-electron chi connectivity index (χ2n) is 3.91. The molecular formula is C13H11Cl2NO4. The number of hydrogen-bond acceptors (Lipinski definition) is 5. The molecule has 0 atom stereocenters. The number of nitrogens with one attached hydrogen (secondary N) is 1. The van der Waals surface area contributed by atoms with Gasteiger partial charge in [-0.25, -0.2) is 4.79 Å². The van der Waals surface area contributed by atoms with Gasteiger partial charge in [0, 0.05) is 17.8 Å². The van der Waals surface area contributed by atoms with E-state index in [0.717, 1.165) is 0 Å². The number of furan rings is 1. The zero-order valence-corrected chi connectivity index (χ0v) is 12.0.